The molecule has 10 nitrogen and oxygen atoms in total. The normalized spacial score (nSPS) is 15.2. The second-order valence-electron chi connectivity index (χ2n) is 8.11. The van der Waals surface area contributed by atoms with E-state index >= 15 is 0 Å². The molecular formula is C25H29O10P. The third-order valence-corrected chi connectivity index (χ3v) is 8.14. The third kappa shape index (κ3) is 5.71. The highest BCUT2D eigenvalue weighted by molar-refractivity contribution is 7.55. The molecule has 0 aromatic heterocycles. The molecule has 0 spiro atoms. The molecule has 0 amide bonds. The van der Waals surface area contributed by atoms with Gasteiger partial charge >= 0.3 is 7.60 Å². The standard InChI is InChI=1S/C25H29O10P/c26-13-23(31)15-34-36(33,35-16-24(32)14-27)25(17-1-7-20(28)8-2-17,18-3-9-21(29)10-4-18)19-5-11-22(30)12-6-19/h1-12,23-24,26-32H,13-16H2. The van der Waals surface area contributed by atoms with Crippen LogP contribution in [-0.4, -0.2) is 74.4 Å². The van der Waals surface area contributed by atoms with E-state index in [-0.39, 0.29) is 17.2 Å². The summed E-state index contributed by atoms with van der Waals surface area (Å²) < 4.78 is 26.4. The summed E-state index contributed by atoms with van der Waals surface area (Å²) >= 11 is 0. The summed E-state index contributed by atoms with van der Waals surface area (Å²) in [4.78, 5) is 0. The molecule has 0 aliphatic rings. The number of phenols is 3. The van der Waals surface area contributed by atoms with Crippen LogP contribution in [0.5, 0.6) is 17.2 Å². The molecule has 3 aromatic carbocycles. The molecule has 11 heteroatoms. The SMILES string of the molecule is O=P(OCC(O)CO)(OCC(O)CO)C(c1ccc(O)cc1)(c1ccc(O)cc1)c1ccc(O)cc1. The Morgan fingerprint density at radius 1 is 0.611 bits per heavy atom. The van der Waals surface area contributed by atoms with Crippen molar-refractivity contribution >= 4 is 7.60 Å². The summed E-state index contributed by atoms with van der Waals surface area (Å²) in [6, 6.07) is 17.1. The second-order valence-corrected chi connectivity index (χ2v) is 10.3. The predicted octanol–water partition coefficient (Wildman–Crippen LogP) is 2.03. The van der Waals surface area contributed by atoms with E-state index < -0.39 is 51.4 Å². The zero-order chi connectivity index (χ0) is 26.3. The van der Waals surface area contributed by atoms with Crippen molar-refractivity contribution in [2.24, 2.45) is 0 Å². The van der Waals surface area contributed by atoms with E-state index in [0.29, 0.717) is 16.7 Å². The first-order valence-corrected chi connectivity index (χ1v) is 12.6. The molecule has 0 saturated heterocycles. The van der Waals surface area contributed by atoms with Crippen molar-refractivity contribution in [3.63, 3.8) is 0 Å². The molecule has 2 unspecified atom stereocenters. The second kappa shape index (κ2) is 11.9. The van der Waals surface area contributed by atoms with E-state index in [1.165, 1.54) is 72.8 Å². The number of phenolic OH excluding ortho intramolecular Hbond substituents is 3. The van der Waals surface area contributed by atoms with Gasteiger partial charge in [-0.15, -0.1) is 0 Å². The minimum atomic E-state index is -4.59. The van der Waals surface area contributed by atoms with E-state index in [9.17, 15) is 40.3 Å². The third-order valence-electron chi connectivity index (χ3n) is 5.56. The van der Waals surface area contributed by atoms with E-state index in [1.54, 1.807) is 0 Å². The lowest BCUT2D eigenvalue weighted by atomic mass is 9.84. The van der Waals surface area contributed by atoms with Crippen LogP contribution in [0.15, 0.2) is 72.8 Å². The van der Waals surface area contributed by atoms with Crippen molar-refractivity contribution in [1.29, 1.82) is 0 Å². The average molecular weight is 520 g/mol. The van der Waals surface area contributed by atoms with Gasteiger partial charge in [0.2, 0.25) is 0 Å². The Hall–Kier alpha value is -2.95. The largest absolute Gasteiger partial charge is 0.508 e. The van der Waals surface area contributed by atoms with E-state index in [1.807, 2.05) is 0 Å². The lowest BCUT2D eigenvalue weighted by molar-refractivity contribution is 0.0262. The van der Waals surface area contributed by atoms with Gasteiger partial charge in [0, 0.05) is 0 Å². The van der Waals surface area contributed by atoms with Crippen molar-refractivity contribution < 1.29 is 49.4 Å². The van der Waals surface area contributed by atoms with Crippen LogP contribution < -0.4 is 0 Å². The summed E-state index contributed by atoms with van der Waals surface area (Å²) in [6.45, 7) is -2.61. The van der Waals surface area contributed by atoms with Crippen LogP contribution in [0, 0.1) is 0 Å². The van der Waals surface area contributed by atoms with Gasteiger partial charge in [0.25, 0.3) is 0 Å². The monoisotopic (exact) mass is 520 g/mol. The number of benzene rings is 3. The molecule has 0 saturated carbocycles. The lowest BCUT2D eigenvalue weighted by Gasteiger charge is -2.41. The van der Waals surface area contributed by atoms with Crippen molar-refractivity contribution in [1.82, 2.24) is 0 Å². The zero-order valence-electron chi connectivity index (χ0n) is 19.2. The van der Waals surface area contributed by atoms with Crippen LogP contribution in [0.25, 0.3) is 0 Å². The summed E-state index contributed by atoms with van der Waals surface area (Å²) in [5.41, 5.74) is 0.908. The smallest absolute Gasteiger partial charge is 0.350 e. The maximum atomic E-state index is 14.9. The summed E-state index contributed by atoms with van der Waals surface area (Å²) in [5.74, 6) is -0.230. The van der Waals surface area contributed by atoms with Gasteiger partial charge in [0.1, 0.15) is 34.6 Å². The molecule has 0 aliphatic heterocycles. The van der Waals surface area contributed by atoms with Crippen LogP contribution in [0.4, 0.5) is 0 Å². The fourth-order valence-corrected chi connectivity index (χ4v) is 6.38. The highest BCUT2D eigenvalue weighted by Gasteiger charge is 2.55. The van der Waals surface area contributed by atoms with Gasteiger partial charge in [-0.2, -0.15) is 0 Å². The van der Waals surface area contributed by atoms with Gasteiger partial charge in [0.15, 0.2) is 0 Å². The van der Waals surface area contributed by atoms with Gasteiger partial charge in [-0.25, -0.2) is 0 Å². The minimum Gasteiger partial charge on any atom is -0.508 e. The number of hydrogen-bond acceptors (Lipinski definition) is 10. The molecule has 0 heterocycles. The molecule has 2 atom stereocenters. The number of aliphatic hydroxyl groups is 4. The molecule has 7 N–H and O–H groups in total. The molecule has 0 fully saturated rings. The van der Waals surface area contributed by atoms with Gasteiger partial charge in [-0.1, -0.05) is 36.4 Å². The fourth-order valence-electron chi connectivity index (χ4n) is 3.79. The molecular weight excluding hydrogens is 491 g/mol. The highest BCUT2D eigenvalue weighted by Crippen LogP contribution is 2.70. The predicted molar refractivity (Wildman–Crippen MR) is 130 cm³/mol. The van der Waals surface area contributed by atoms with Crippen molar-refractivity contribution in [3.8, 4) is 17.2 Å². The van der Waals surface area contributed by atoms with E-state index in [2.05, 4.69) is 0 Å². The molecule has 194 valence electrons. The highest BCUT2D eigenvalue weighted by atomic mass is 31.2. The van der Waals surface area contributed by atoms with Crippen LogP contribution in [0.3, 0.4) is 0 Å². The van der Waals surface area contributed by atoms with Crippen LogP contribution in [-0.2, 0) is 18.8 Å². The first-order chi connectivity index (χ1) is 17.2. The number of aromatic hydroxyl groups is 3. The molecule has 0 bridgehead atoms. The zero-order valence-corrected chi connectivity index (χ0v) is 20.1. The number of hydrogen-bond donors (Lipinski definition) is 7. The quantitative estimate of drug-likeness (QED) is 0.138. The van der Waals surface area contributed by atoms with E-state index in [0.717, 1.165) is 0 Å². The maximum Gasteiger partial charge on any atom is 0.350 e. The van der Waals surface area contributed by atoms with Gasteiger partial charge in [-0.3, -0.25) is 4.57 Å². The first kappa shape index (κ1) is 27.6. The molecule has 0 aliphatic carbocycles. The van der Waals surface area contributed by atoms with Crippen LogP contribution in [0.2, 0.25) is 0 Å². The molecule has 36 heavy (non-hydrogen) atoms. The van der Waals surface area contributed by atoms with Gasteiger partial charge in [0.05, 0.1) is 26.4 Å². The molecule has 0 radical (unpaired) electrons. The van der Waals surface area contributed by atoms with Crippen molar-refractivity contribution in [2.45, 2.75) is 17.4 Å². The molecule has 3 aromatic rings. The Morgan fingerprint density at radius 2 is 0.889 bits per heavy atom. The summed E-state index contributed by atoms with van der Waals surface area (Å²) in [7, 11) is -4.59. The fraction of sp³-hybridized carbons (Fsp3) is 0.280. The first-order valence-electron chi connectivity index (χ1n) is 11.0. The van der Waals surface area contributed by atoms with Gasteiger partial charge < -0.3 is 44.8 Å². The maximum absolute atomic E-state index is 14.9. The van der Waals surface area contributed by atoms with Crippen LogP contribution >= 0.6 is 7.60 Å². The number of aliphatic hydroxyl groups excluding tert-OH is 4. The Labute approximate surface area is 207 Å². The number of rotatable bonds is 12. The average Bonchev–Trinajstić information content (AvgIpc) is 2.89. The lowest BCUT2D eigenvalue weighted by Crippen LogP contribution is -2.34. The topological polar surface area (TPSA) is 177 Å². The molecule has 3 rings (SSSR count). The Kier molecular flexibility index (Phi) is 9.10. The Morgan fingerprint density at radius 3 is 1.14 bits per heavy atom. The Bertz CT molecular complexity index is 1020. The summed E-state index contributed by atoms with van der Waals surface area (Å²) in [5, 5.41) is 66.6. The summed E-state index contributed by atoms with van der Waals surface area (Å²) in [6.07, 6.45) is -2.83. The van der Waals surface area contributed by atoms with Crippen molar-refractivity contribution in [2.75, 3.05) is 26.4 Å². The van der Waals surface area contributed by atoms with E-state index in [4.69, 9.17) is 9.05 Å². The van der Waals surface area contributed by atoms with Crippen LogP contribution in [0.1, 0.15) is 16.7 Å². The van der Waals surface area contributed by atoms with Crippen molar-refractivity contribution in [3.05, 3.63) is 89.5 Å². The Balaban J connectivity index is 2.39. The van der Waals surface area contributed by atoms with Gasteiger partial charge in [-0.05, 0) is 53.1 Å². The minimum absolute atomic E-state index is 0.0767.